The molecule has 0 aliphatic carbocycles. The van der Waals surface area contributed by atoms with Crippen molar-refractivity contribution in [2.75, 3.05) is 5.75 Å². The first kappa shape index (κ1) is 28.2. The molecule has 1 aromatic carbocycles. The van der Waals surface area contributed by atoms with E-state index in [4.69, 9.17) is 4.55 Å². The van der Waals surface area contributed by atoms with Crippen LogP contribution in [0.15, 0.2) is 9.79 Å². The highest BCUT2D eigenvalue weighted by atomic mass is 32.2. The van der Waals surface area contributed by atoms with Crippen LogP contribution in [-0.4, -0.2) is 18.7 Å². The minimum absolute atomic E-state index is 0.246. The van der Waals surface area contributed by atoms with Crippen molar-refractivity contribution in [1.29, 1.82) is 0 Å². The quantitative estimate of drug-likeness (QED) is 0.0795. The lowest BCUT2D eigenvalue weighted by atomic mass is 10.0. The number of hydrogen-bond acceptors (Lipinski definition) is 3. The molecule has 0 aliphatic rings. The smallest absolute Gasteiger partial charge is 0.282 e. The van der Waals surface area contributed by atoms with Gasteiger partial charge in [-0.3, -0.25) is 4.55 Å². The third kappa shape index (κ3) is 10.1. The summed E-state index contributed by atoms with van der Waals surface area (Å²) in [7, 11) is -5.42. The summed E-state index contributed by atoms with van der Waals surface area (Å²) in [5.74, 6) is -7.57. The minimum Gasteiger partial charge on any atom is -0.282 e. The maximum Gasteiger partial charge on any atom is 0.300 e. The molecule has 0 bridgehead atoms. The summed E-state index contributed by atoms with van der Waals surface area (Å²) in [6.45, 7) is 2.22. The van der Waals surface area contributed by atoms with Crippen LogP contribution in [0.1, 0.15) is 96.8 Å². The molecule has 180 valence electrons. The third-order valence-corrected chi connectivity index (χ3v) is 7.20. The molecule has 0 heterocycles. The van der Waals surface area contributed by atoms with Gasteiger partial charge in [0.15, 0.2) is 28.2 Å². The van der Waals surface area contributed by atoms with Crippen LogP contribution in [-0.2, 0) is 10.1 Å². The Morgan fingerprint density at radius 3 is 1.35 bits per heavy atom. The first-order valence-corrected chi connectivity index (χ1v) is 13.6. The summed E-state index contributed by atoms with van der Waals surface area (Å²) >= 11 is 0.599. The van der Waals surface area contributed by atoms with Crippen molar-refractivity contribution in [2.45, 2.75) is 107 Å². The van der Waals surface area contributed by atoms with Crippen molar-refractivity contribution in [3.63, 3.8) is 0 Å². The van der Waals surface area contributed by atoms with E-state index in [1.54, 1.807) is 0 Å². The monoisotopic (exact) mass is 486 g/mol. The lowest BCUT2D eigenvalue weighted by Gasteiger charge is -2.10. The zero-order valence-corrected chi connectivity index (χ0v) is 19.8. The van der Waals surface area contributed by atoms with E-state index in [0.29, 0.717) is 18.2 Å². The highest BCUT2D eigenvalue weighted by molar-refractivity contribution is 7.99. The molecule has 0 aliphatic heterocycles. The number of hydrogen-bond donors (Lipinski definition) is 1. The Bertz CT molecular complexity index is 742. The zero-order valence-electron chi connectivity index (χ0n) is 18.2. The van der Waals surface area contributed by atoms with Gasteiger partial charge in [0.05, 0.1) is 4.90 Å². The van der Waals surface area contributed by atoms with Crippen LogP contribution in [0.4, 0.5) is 17.6 Å². The van der Waals surface area contributed by atoms with Gasteiger partial charge in [-0.05, 0) is 12.2 Å². The van der Waals surface area contributed by atoms with Gasteiger partial charge in [0, 0.05) is 0 Å². The van der Waals surface area contributed by atoms with Crippen LogP contribution >= 0.6 is 11.8 Å². The summed E-state index contributed by atoms with van der Waals surface area (Å²) in [4.78, 5) is -2.90. The Balaban J connectivity index is 2.20. The van der Waals surface area contributed by atoms with E-state index >= 15 is 0 Å². The number of thioether (sulfide) groups is 1. The average molecular weight is 487 g/mol. The van der Waals surface area contributed by atoms with Crippen LogP contribution in [0.5, 0.6) is 0 Å². The van der Waals surface area contributed by atoms with Gasteiger partial charge in [-0.2, -0.15) is 8.42 Å². The van der Waals surface area contributed by atoms with Crippen LogP contribution in [0.3, 0.4) is 0 Å². The van der Waals surface area contributed by atoms with Crippen LogP contribution < -0.4 is 0 Å². The van der Waals surface area contributed by atoms with E-state index in [9.17, 15) is 26.0 Å². The van der Waals surface area contributed by atoms with Crippen molar-refractivity contribution in [3.8, 4) is 0 Å². The predicted octanol–water partition coefficient (Wildman–Crippen LogP) is 8.06. The molecule has 3 nitrogen and oxygen atoms in total. The summed E-state index contributed by atoms with van der Waals surface area (Å²) in [5, 5.41) is 0. The van der Waals surface area contributed by atoms with Crippen molar-refractivity contribution >= 4 is 21.9 Å². The molecule has 0 radical (unpaired) electrons. The minimum atomic E-state index is -5.42. The maximum absolute atomic E-state index is 13.9. The van der Waals surface area contributed by atoms with Gasteiger partial charge in [-0.15, -0.1) is 11.8 Å². The molecule has 0 saturated heterocycles. The average Bonchev–Trinajstić information content (AvgIpc) is 2.70. The van der Waals surface area contributed by atoms with Crippen molar-refractivity contribution in [3.05, 3.63) is 23.3 Å². The molecule has 1 N–H and O–H groups in total. The highest BCUT2D eigenvalue weighted by Gasteiger charge is 2.32. The molecule has 31 heavy (non-hydrogen) atoms. The molecule has 0 aromatic heterocycles. The second-order valence-electron chi connectivity index (χ2n) is 7.83. The topological polar surface area (TPSA) is 54.4 Å². The number of benzene rings is 1. The standard InChI is InChI=1S/C22H34F4O3S2/c1-2-3-4-5-6-7-8-9-10-11-12-13-14-15-16-30-21-17(23)19(25)22(31(27,28)29)20(26)18(21)24/h2-16H2,1H3,(H,27,28,29). The van der Waals surface area contributed by atoms with Gasteiger partial charge in [-0.25, -0.2) is 17.6 Å². The fourth-order valence-electron chi connectivity index (χ4n) is 3.42. The normalized spacial score (nSPS) is 11.9. The first-order chi connectivity index (χ1) is 14.7. The molecule has 1 aromatic rings. The summed E-state index contributed by atoms with van der Waals surface area (Å²) in [6, 6.07) is 0. The molecular weight excluding hydrogens is 452 g/mol. The lowest BCUT2D eigenvalue weighted by molar-refractivity contribution is 0.384. The van der Waals surface area contributed by atoms with Crippen LogP contribution in [0, 0.1) is 23.3 Å². The molecule has 0 saturated carbocycles. The number of halogens is 4. The second-order valence-corrected chi connectivity index (χ2v) is 10.3. The van der Waals surface area contributed by atoms with Gasteiger partial charge in [-0.1, -0.05) is 90.4 Å². The Morgan fingerprint density at radius 1 is 0.645 bits per heavy atom. The summed E-state index contributed by atoms with van der Waals surface area (Å²) < 4.78 is 86.0. The Morgan fingerprint density at radius 2 is 1.00 bits per heavy atom. The fourth-order valence-corrected chi connectivity index (χ4v) is 5.03. The van der Waals surface area contributed by atoms with Crippen LogP contribution in [0.25, 0.3) is 0 Å². The SMILES string of the molecule is CCCCCCCCCCCCCCCCSc1c(F)c(F)c(S(=O)(=O)O)c(F)c1F. The Kier molecular flexibility index (Phi) is 13.8. The molecule has 9 heteroatoms. The van der Waals surface area contributed by atoms with E-state index in [-0.39, 0.29) is 5.75 Å². The Hall–Kier alpha value is -0.800. The molecule has 0 unspecified atom stereocenters. The van der Waals surface area contributed by atoms with Crippen molar-refractivity contribution in [2.24, 2.45) is 0 Å². The number of unbranched alkanes of at least 4 members (excludes halogenated alkanes) is 13. The van der Waals surface area contributed by atoms with E-state index in [1.165, 1.54) is 57.8 Å². The van der Waals surface area contributed by atoms with E-state index in [0.717, 1.165) is 25.7 Å². The highest BCUT2D eigenvalue weighted by Crippen LogP contribution is 2.34. The molecule has 0 spiro atoms. The van der Waals surface area contributed by atoms with Gasteiger partial charge < -0.3 is 0 Å². The molecule has 0 fully saturated rings. The lowest BCUT2D eigenvalue weighted by Crippen LogP contribution is -2.11. The van der Waals surface area contributed by atoms with E-state index in [1.807, 2.05) is 0 Å². The zero-order chi connectivity index (χ0) is 23.3. The second kappa shape index (κ2) is 15.1. The number of rotatable bonds is 17. The maximum atomic E-state index is 13.9. The van der Waals surface area contributed by atoms with Gasteiger partial charge in [0.1, 0.15) is 0 Å². The van der Waals surface area contributed by atoms with Crippen molar-refractivity contribution < 1.29 is 30.5 Å². The van der Waals surface area contributed by atoms with E-state index in [2.05, 4.69) is 6.92 Å². The van der Waals surface area contributed by atoms with Gasteiger partial charge in [0.2, 0.25) is 0 Å². The van der Waals surface area contributed by atoms with E-state index < -0.39 is 43.2 Å². The van der Waals surface area contributed by atoms with Crippen LogP contribution in [0.2, 0.25) is 0 Å². The van der Waals surface area contributed by atoms with Gasteiger partial charge in [0.25, 0.3) is 0 Å². The molecule has 0 amide bonds. The molecule has 1 rings (SSSR count). The third-order valence-electron chi connectivity index (χ3n) is 5.19. The summed E-state index contributed by atoms with van der Waals surface area (Å²) in [5.41, 5.74) is 0. The summed E-state index contributed by atoms with van der Waals surface area (Å²) in [6.07, 6.45) is 16.3. The van der Waals surface area contributed by atoms with Crippen molar-refractivity contribution in [1.82, 2.24) is 0 Å². The molecular formula is C22H34F4O3S2. The van der Waals surface area contributed by atoms with Gasteiger partial charge >= 0.3 is 10.1 Å². The molecule has 0 atom stereocenters. The largest absolute Gasteiger partial charge is 0.300 e. The Labute approximate surface area is 188 Å². The first-order valence-electron chi connectivity index (χ1n) is 11.2. The predicted molar refractivity (Wildman–Crippen MR) is 117 cm³/mol. The fraction of sp³-hybridized carbons (Fsp3) is 0.727.